The lowest BCUT2D eigenvalue weighted by Gasteiger charge is -2.30. The number of nitrogens with zero attached hydrogens (tertiary/aromatic N) is 2. The van der Waals surface area contributed by atoms with Gasteiger partial charge >= 0.3 is 0 Å². The van der Waals surface area contributed by atoms with Gasteiger partial charge < -0.3 is 10.5 Å². The summed E-state index contributed by atoms with van der Waals surface area (Å²) in [5.41, 5.74) is 8.05. The molecule has 3 rings (SSSR count). The zero-order chi connectivity index (χ0) is 13.9. The van der Waals surface area contributed by atoms with E-state index in [4.69, 9.17) is 15.5 Å². The zero-order valence-corrected chi connectivity index (χ0v) is 11.9. The number of para-hydroxylation sites is 1. The number of piperidine rings is 1. The lowest BCUT2D eigenvalue weighted by atomic mass is 10.1. The summed E-state index contributed by atoms with van der Waals surface area (Å²) in [6, 6.07) is 10.5. The number of nitrogens with two attached hydrogens (primary N) is 1. The smallest absolute Gasteiger partial charge is 0.145 e. The largest absolute Gasteiger partial charge is 0.494 e. The summed E-state index contributed by atoms with van der Waals surface area (Å²) in [7, 11) is 1.69. The Labute approximate surface area is 119 Å². The molecule has 2 aromatic rings. The quantitative estimate of drug-likeness (QED) is 0.929. The van der Waals surface area contributed by atoms with Crippen LogP contribution in [0.5, 0.6) is 5.75 Å². The molecule has 0 radical (unpaired) electrons. The monoisotopic (exact) mass is 271 g/mol. The van der Waals surface area contributed by atoms with E-state index in [1.807, 2.05) is 12.1 Å². The summed E-state index contributed by atoms with van der Waals surface area (Å²) in [6.45, 7) is 2.94. The van der Waals surface area contributed by atoms with Gasteiger partial charge in [0.1, 0.15) is 11.3 Å². The number of hydrogen-bond acceptors (Lipinski definition) is 4. The third-order valence-corrected chi connectivity index (χ3v) is 3.89. The molecule has 1 aliphatic heterocycles. The van der Waals surface area contributed by atoms with E-state index in [1.165, 1.54) is 6.42 Å². The summed E-state index contributed by atoms with van der Waals surface area (Å²) in [5.74, 6) is 0.833. The molecule has 106 valence electrons. The van der Waals surface area contributed by atoms with Crippen LogP contribution in [0.15, 0.2) is 30.3 Å². The lowest BCUT2D eigenvalue weighted by Crippen LogP contribution is -2.42. The van der Waals surface area contributed by atoms with Crippen LogP contribution in [0.3, 0.4) is 0 Å². The van der Waals surface area contributed by atoms with Gasteiger partial charge in [0.05, 0.1) is 12.8 Å². The van der Waals surface area contributed by atoms with Crippen LogP contribution in [0.1, 0.15) is 18.5 Å². The topological polar surface area (TPSA) is 51.4 Å². The second-order valence-corrected chi connectivity index (χ2v) is 5.47. The first-order chi connectivity index (χ1) is 9.76. The van der Waals surface area contributed by atoms with Gasteiger partial charge in [0.15, 0.2) is 0 Å². The Balaban J connectivity index is 1.85. The maximum Gasteiger partial charge on any atom is 0.145 e. The lowest BCUT2D eigenvalue weighted by molar-refractivity contribution is 0.199. The maximum absolute atomic E-state index is 6.03. The first-order valence-electron chi connectivity index (χ1n) is 7.17. The minimum absolute atomic E-state index is 0.304. The van der Waals surface area contributed by atoms with Crippen molar-refractivity contribution >= 4 is 10.9 Å². The van der Waals surface area contributed by atoms with Crippen LogP contribution in [-0.2, 0) is 6.54 Å². The number of methoxy groups -OCH3 is 1. The highest BCUT2D eigenvalue weighted by molar-refractivity contribution is 5.84. The highest BCUT2D eigenvalue weighted by Gasteiger charge is 2.17. The molecular formula is C16H21N3O. The molecule has 0 amide bonds. The van der Waals surface area contributed by atoms with Crippen LogP contribution in [-0.4, -0.2) is 36.1 Å². The van der Waals surface area contributed by atoms with Crippen LogP contribution in [0.2, 0.25) is 0 Å². The van der Waals surface area contributed by atoms with Gasteiger partial charge in [-0.1, -0.05) is 18.2 Å². The number of fused-ring (bicyclic) bond motifs is 1. The van der Waals surface area contributed by atoms with Crippen molar-refractivity contribution in [2.45, 2.75) is 25.4 Å². The van der Waals surface area contributed by atoms with Gasteiger partial charge in [-0.2, -0.15) is 0 Å². The number of likely N-dealkylation sites (tertiary alicyclic amines) is 1. The van der Waals surface area contributed by atoms with Crippen LogP contribution >= 0.6 is 0 Å². The Morgan fingerprint density at radius 2 is 2.25 bits per heavy atom. The van der Waals surface area contributed by atoms with Gasteiger partial charge in [0, 0.05) is 24.5 Å². The van der Waals surface area contributed by atoms with Gasteiger partial charge in [-0.25, -0.2) is 4.98 Å². The van der Waals surface area contributed by atoms with E-state index in [1.54, 1.807) is 7.11 Å². The van der Waals surface area contributed by atoms with Crippen molar-refractivity contribution in [1.29, 1.82) is 0 Å². The molecule has 1 aromatic heterocycles. The predicted molar refractivity (Wildman–Crippen MR) is 80.8 cm³/mol. The van der Waals surface area contributed by atoms with Crippen molar-refractivity contribution in [2.24, 2.45) is 5.73 Å². The highest BCUT2D eigenvalue weighted by atomic mass is 16.5. The maximum atomic E-state index is 6.03. The first kappa shape index (κ1) is 13.3. The molecule has 4 heteroatoms. The number of rotatable bonds is 3. The van der Waals surface area contributed by atoms with Crippen LogP contribution in [0, 0.1) is 0 Å². The molecule has 0 aliphatic carbocycles. The Morgan fingerprint density at radius 1 is 1.35 bits per heavy atom. The van der Waals surface area contributed by atoms with E-state index in [0.29, 0.717) is 6.04 Å². The van der Waals surface area contributed by atoms with E-state index in [0.717, 1.165) is 48.4 Å². The van der Waals surface area contributed by atoms with E-state index < -0.39 is 0 Å². The normalized spacial score (nSPS) is 20.2. The van der Waals surface area contributed by atoms with Gasteiger partial charge in [-0.3, -0.25) is 4.90 Å². The van der Waals surface area contributed by atoms with Crippen molar-refractivity contribution in [3.05, 3.63) is 36.0 Å². The van der Waals surface area contributed by atoms with E-state index in [2.05, 4.69) is 23.1 Å². The minimum atomic E-state index is 0.304. The van der Waals surface area contributed by atoms with Crippen molar-refractivity contribution in [3.8, 4) is 5.75 Å². The average Bonchev–Trinajstić information content (AvgIpc) is 2.46. The fraction of sp³-hybridized carbons (Fsp3) is 0.438. The van der Waals surface area contributed by atoms with Crippen molar-refractivity contribution < 1.29 is 4.74 Å². The van der Waals surface area contributed by atoms with Gasteiger partial charge in [0.25, 0.3) is 0 Å². The molecule has 4 nitrogen and oxygen atoms in total. The molecule has 0 bridgehead atoms. The number of benzene rings is 1. The Hall–Kier alpha value is -1.65. The zero-order valence-electron chi connectivity index (χ0n) is 11.9. The second-order valence-electron chi connectivity index (χ2n) is 5.47. The van der Waals surface area contributed by atoms with Crippen molar-refractivity contribution in [3.63, 3.8) is 0 Å². The summed E-state index contributed by atoms with van der Waals surface area (Å²) in [6.07, 6.45) is 2.31. The van der Waals surface area contributed by atoms with E-state index in [9.17, 15) is 0 Å². The molecule has 0 saturated carbocycles. The molecule has 1 atom stereocenters. The fourth-order valence-electron chi connectivity index (χ4n) is 2.88. The molecule has 1 saturated heterocycles. The van der Waals surface area contributed by atoms with Gasteiger partial charge in [0.2, 0.25) is 0 Å². The molecule has 20 heavy (non-hydrogen) atoms. The second kappa shape index (κ2) is 5.77. The molecule has 2 heterocycles. The summed E-state index contributed by atoms with van der Waals surface area (Å²) in [4.78, 5) is 7.14. The SMILES string of the molecule is COc1cccc2ccc(CN3CCCC(N)C3)nc12. The average molecular weight is 271 g/mol. The fourth-order valence-corrected chi connectivity index (χ4v) is 2.88. The van der Waals surface area contributed by atoms with Gasteiger partial charge in [-0.15, -0.1) is 0 Å². The number of pyridine rings is 1. The summed E-state index contributed by atoms with van der Waals surface area (Å²) < 4.78 is 5.39. The molecule has 1 aliphatic rings. The molecule has 1 unspecified atom stereocenters. The van der Waals surface area contributed by atoms with Crippen molar-refractivity contribution in [2.75, 3.05) is 20.2 Å². The standard InChI is InChI=1S/C16H21N3O/c1-20-15-6-2-4-12-7-8-14(18-16(12)15)11-19-9-3-5-13(17)10-19/h2,4,6-8,13H,3,5,9-11,17H2,1H3. The highest BCUT2D eigenvalue weighted by Crippen LogP contribution is 2.24. The summed E-state index contributed by atoms with van der Waals surface area (Å²) in [5, 5.41) is 1.11. The molecule has 2 N–H and O–H groups in total. The minimum Gasteiger partial charge on any atom is -0.494 e. The van der Waals surface area contributed by atoms with Crippen LogP contribution < -0.4 is 10.5 Å². The molecule has 0 spiro atoms. The van der Waals surface area contributed by atoms with E-state index >= 15 is 0 Å². The third kappa shape index (κ3) is 2.76. The molecular weight excluding hydrogens is 250 g/mol. The summed E-state index contributed by atoms with van der Waals surface area (Å²) >= 11 is 0. The number of hydrogen-bond donors (Lipinski definition) is 1. The van der Waals surface area contributed by atoms with Gasteiger partial charge in [-0.05, 0) is 31.5 Å². The number of aromatic nitrogens is 1. The Kier molecular flexibility index (Phi) is 3.85. The molecule has 1 fully saturated rings. The Morgan fingerprint density at radius 3 is 3.05 bits per heavy atom. The van der Waals surface area contributed by atoms with Crippen LogP contribution in [0.25, 0.3) is 10.9 Å². The Bertz CT molecular complexity index is 599. The third-order valence-electron chi connectivity index (χ3n) is 3.89. The first-order valence-corrected chi connectivity index (χ1v) is 7.17. The van der Waals surface area contributed by atoms with E-state index in [-0.39, 0.29) is 0 Å². The number of ether oxygens (including phenoxy) is 1. The molecule has 1 aromatic carbocycles. The van der Waals surface area contributed by atoms with Crippen LogP contribution in [0.4, 0.5) is 0 Å². The predicted octanol–water partition coefficient (Wildman–Crippen LogP) is 2.17. The van der Waals surface area contributed by atoms with Crippen molar-refractivity contribution in [1.82, 2.24) is 9.88 Å².